The van der Waals surface area contributed by atoms with Gasteiger partial charge in [-0.15, -0.1) is 0 Å². The molecule has 1 heterocycles. The number of anilines is 1. The standard InChI is InChI=1S/C11H9Br2N3O/c1-16-8(9(12)15-11(16)13)10(17)14-7-5-3-2-4-6-7/h2-6H,1H3,(H,14,17). The Bertz CT molecular complexity index is 551. The molecular weight excluding hydrogens is 350 g/mol. The predicted molar refractivity (Wildman–Crippen MR) is 73.0 cm³/mol. The Kier molecular flexibility index (Phi) is 3.63. The van der Waals surface area contributed by atoms with Crippen LogP contribution >= 0.6 is 31.9 Å². The molecule has 0 fully saturated rings. The van der Waals surface area contributed by atoms with Gasteiger partial charge in [0.25, 0.3) is 5.91 Å². The molecule has 0 radical (unpaired) electrons. The Morgan fingerprint density at radius 3 is 2.47 bits per heavy atom. The van der Waals surface area contributed by atoms with Gasteiger partial charge in [-0.1, -0.05) is 18.2 Å². The summed E-state index contributed by atoms with van der Waals surface area (Å²) < 4.78 is 2.78. The van der Waals surface area contributed by atoms with Crippen LogP contribution < -0.4 is 5.32 Å². The number of carbonyl (C=O) groups excluding carboxylic acids is 1. The van der Waals surface area contributed by atoms with Crippen molar-refractivity contribution in [2.45, 2.75) is 0 Å². The lowest BCUT2D eigenvalue weighted by Gasteiger charge is -2.06. The van der Waals surface area contributed by atoms with Gasteiger partial charge in [0.15, 0.2) is 4.73 Å². The highest BCUT2D eigenvalue weighted by molar-refractivity contribution is 9.11. The first kappa shape index (κ1) is 12.3. The van der Waals surface area contributed by atoms with Gasteiger partial charge in [0, 0.05) is 12.7 Å². The molecule has 2 aromatic rings. The van der Waals surface area contributed by atoms with Crippen molar-refractivity contribution in [3.8, 4) is 0 Å². The Labute approximate surface area is 115 Å². The van der Waals surface area contributed by atoms with Crippen LogP contribution in [-0.4, -0.2) is 15.5 Å². The first-order valence-electron chi connectivity index (χ1n) is 4.83. The van der Waals surface area contributed by atoms with E-state index in [0.717, 1.165) is 5.69 Å². The van der Waals surface area contributed by atoms with Crippen LogP contribution in [-0.2, 0) is 7.05 Å². The zero-order valence-electron chi connectivity index (χ0n) is 8.95. The third-order valence-electron chi connectivity index (χ3n) is 2.24. The lowest BCUT2D eigenvalue weighted by Crippen LogP contribution is -2.16. The van der Waals surface area contributed by atoms with E-state index in [1.807, 2.05) is 30.3 Å². The maximum absolute atomic E-state index is 12.0. The summed E-state index contributed by atoms with van der Waals surface area (Å²) in [5.74, 6) is -0.205. The molecule has 0 atom stereocenters. The second kappa shape index (κ2) is 5.01. The van der Waals surface area contributed by atoms with Gasteiger partial charge < -0.3 is 9.88 Å². The molecule has 0 aliphatic rings. The van der Waals surface area contributed by atoms with Gasteiger partial charge in [-0.3, -0.25) is 4.79 Å². The van der Waals surface area contributed by atoms with Crippen molar-refractivity contribution in [3.63, 3.8) is 0 Å². The normalized spacial score (nSPS) is 10.3. The van der Waals surface area contributed by atoms with E-state index >= 15 is 0 Å². The van der Waals surface area contributed by atoms with Crippen LogP contribution in [0.4, 0.5) is 5.69 Å². The minimum atomic E-state index is -0.205. The smallest absolute Gasteiger partial charge is 0.275 e. The maximum Gasteiger partial charge on any atom is 0.275 e. The zero-order valence-corrected chi connectivity index (χ0v) is 12.1. The number of nitrogens with zero attached hydrogens (tertiary/aromatic N) is 2. The molecule has 88 valence electrons. The molecule has 1 aromatic carbocycles. The summed E-state index contributed by atoms with van der Waals surface area (Å²) in [4.78, 5) is 16.2. The number of amides is 1. The summed E-state index contributed by atoms with van der Waals surface area (Å²) in [6.07, 6.45) is 0. The molecule has 0 unspecified atom stereocenters. The Hall–Kier alpha value is -1.14. The molecule has 0 aliphatic carbocycles. The van der Waals surface area contributed by atoms with Crippen LogP contribution in [0.1, 0.15) is 10.5 Å². The summed E-state index contributed by atoms with van der Waals surface area (Å²) >= 11 is 6.52. The molecule has 0 spiro atoms. The Morgan fingerprint density at radius 2 is 1.94 bits per heavy atom. The fraction of sp³-hybridized carbons (Fsp3) is 0.0909. The summed E-state index contributed by atoms with van der Waals surface area (Å²) in [6.45, 7) is 0. The maximum atomic E-state index is 12.0. The fourth-order valence-electron chi connectivity index (χ4n) is 1.40. The number of para-hydroxylation sites is 1. The SMILES string of the molecule is Cn1c(Br)nc(Br)c1C(=O)Nc1ccccc1. The molecule has 0 saturated heterocycles. The molecule has 0 saturated carbocycles. The number of carbonyl (C=O) groups is 1. The highest BCUT2D eigenvalue weighted by atomic mass is 79.9. The minimum absolute atomic E-state index is 0.205. The van der Waals surface area contributed by atoms with Crippen molar-refractivity contribution >= 4 is 43.5 Å². The van der Waals surface area contributed by atoms with E-state index in [-0.39, 0.29) is 5.91 Å². The first-order valence-corrected chi connectivity index (χ1v) is 6.42. The molecule has 0 bridgehead atoms. The lowest BCUT2D eigenvalue weighted by molar-refractivity contribution is 0.101. The van der Waals surface area contributed by atoms with E-state index in [1.165, 1.54) is 0 Å². The molecule has 1 aromatic heterocycles. The first-order chi connectivity index (χ1) is 8.09. The van der Waals surface area contributed by atoms with Crippen molar-refractivity contribution in [1.29, 1.82) is 0 Å². The number of aromatic nitrogens is 2. The quantitative estimate of drug-likeness (QED) is 0.896. The van der Waals surface area contributed by atoms with Crippen LogP contribution in [0.15, 0.2) is 39.7 Å². The van der Waals surface area contributed by atoms with Gasteiger partial charge in [0.2, 0.25) is 0 Å². The summed E-state index contributed by atoms with van der Waals surface area (Å²) in [5, 5.41) is 2.80. The number of halogens is 2. The summed E-state index contributed by atoms with van der Waals surface area (Å²) in [7, 11) is 1.77. The fourth-order valence-corrected chi connectivity index (χ4v) is 2.60. The largest absolute Gasteiger partial charge is 0.321 e. The number of hydrogen-bond donors (Lipinski definition) is 1. The van der Waals surface area contributed by atoms with Gasteiger partial charge in [-0.05, 0) is 44.0 Å². The van der Waals surface area contributed by atoms with Crippen LogP contribution in [0.5, 0.6) is 0 Å². The topological polar surface area (TPSA) is 46.9 Å². The average molecular weight is 359 g/mol. The Balaban J connectivity index is 2.27. The summed E-state index contributed by atoms with van der Waals surface area (Å²) in [5.41, 5.74) is 1.22. The zero-order chi connectivity index (χ0) is 12.4. The van der Waals surface area contributed by atoms with Crippen molar-refractivity contribution in [2.75, 3.05) is 5.32 Å². The number of benzene rings is 1. The van der Waals surface area contributed by atoms with Crippen LogP contribution in [0.25, 0.3) is 0 Å². The van der Waals surface area contributed by atoms with Crippen LogP contribution in [0.3, 0.4) is 0 Å². The van der Waals surface area contributed by atoms with Crippen molar-refractivity contribution < 1.29 is 4.79 Å². The van der Waals surface area contributed by atoms with E-state index in [2.05, 4.69) is 42.2 Å². The van der Waals surface area contributed by atoms with Crippen molar-refractivity contribution in [1.82, 2.24) is 9.55 Å². The third-order valence-corrected chi connectivity index (χ3v) is 3.51. The lowest BCUT2D eigenvalue weighted by atomic mass is 10.3. The molecule has 4 nitrogen and oxygen atoms in total. The molecule has 1 amide bonds. The van der Waals surface area contributed by atoms with Gasteiger partial charge in [-0.25, -0.2) is 4.98 Å². The predicted octanol–water partition coefficient (Wildman–Crippen LogP) is 3.20. The molecule has 6 heteroatoms. The van der Waals surface area contributed by atoms with E-state index in [9.17, 15) is 4.79 Å². The number of imidazole rings is 1. The van der Waals surface area contributed by atoms with Gasteiger partial charge in [0.1, 0.15) is 10.3 Å². The van der Waals surface area contributed by atoms with Gasteiger partial charge in [-0.2, -0.15) is 0 Å². The van der Waals surface area contributed by atoms with E-state index in [0.29, 0.717) is 15.0 Å². The Morgan fingerprint density at radius 1 is 1.29 bits per heavy atom. The average Bonchev–Trinajstić information content (AvgIpc) is 2.54. The van der Waals surface area contributed by atoms with Crippen LogP contribution in [0.2, 0.25) is 0 Å². The van der Waals surface area contributed by atoms with E-state index in [4.69, 9.17) is 0 Å². The molecular formula is C11H9Br2N3O. The second-order valence-electron chi connectivity index (χ2n) is 3.40. The van der Waals surface area contributed by atoms with Gasteiger partial charge in [0.05, 0.1) is 0 Å². The van der Waals surface area contributed by atoms with Crippen LogP contribution in [0, 0.1) is 0 Å². The summed E-state index contributed by atoms with van der Waals surface area (Å²) in [6, 6.07) is 9.29. The van der Waals surface area contributed by atoms with Crippen molar-refractivity contribution in [2.24, 2.45) is 7.05 Å². The number of hydrogen-bond acceptors (Lipinski definition) is 2. The van der Waals surface area contributed by atoms with E-state index in [1.54, 1.807) is 11.6 Å². The molecule has 1 N–H and O–H groups in total. The molecule has 0 aliphatic heterocycles. The highest BCUT2D eigenvalue weighted by Gasteiger charge is 2.18. The monoisotopic (exact) mass is 357 g/mol. The number of rotatable bonds is 2. The third kappa shape index (κ3) is 2.58. The number of nitrogens with one attached hydrogen (secondary N) is 1. The highest BCUT2D eigenvalue weighted by Crippen LogP contribution is 2.21. The molecule has 2 rings (SSSR count). The second-order valence-corrected chi connectivity index (χ2v) is 4.86. The van der Waals surface area contributed by atoms with E-state index < -0.39 is 0 Å². The van der Waals surface area contributed by atoms with Crippen molar-refractivity contribution in [3.05, 3.63) is 45.4 Å². The van der Waals surface area contributed by atoms with Gasteiger partial charge >= 0.3 is 0 Å². The minimum Gasteiger partial charge on any atom is -0.321 e. The molecule has 17 heavy (non-hydrogen) atoms.